The van der Waals surface area contributed by atoms with Gasteiger partial charge in [0.15, 0.2) is 11.5 Å². The van der Waals surface area contributed by atoms with E-state index in [-0.39, 0.29) is 11.6 Å². The van der Waals surface area contributed by atoms with Crippen molar-refractivity contribution < 1.29 is 19.0 Å². The molecule has 2 aromatic rings. The van der Waals surface area contributed by atoms with Crippen molar-refractivity contribution in [2.24, 2.45) is 0 Å². The zero-order valence-electron chi connectivity index (χ0n) is 12.6. The summed E-state index contributed by atoms with van der Waals surface area (Å²) >= 11 is 12.9. The van der Waals surface area contributed by atoms with Crippen LogP contribution >= 0.6 is 43.5 Å². The minimum atomic E-state index is -0.503. The number of ether oxygens (including phenoxy) is 3. The molecular weight excluding hydrogens is 463 g/mol. The van der Waals surface area contributed by atoms with Crippen molar-refractivity contribution in [1.29, 1.82) is 0 Å². The first-order valence-electron chi connectivity index (χ1n) is 7.15. The molecule has 0 unspecified atom stereocenters. The van der Waals surface area contributed by atoms with Crippen molar-refractivity contribution in [3.05, 3.63) is 57.0 Å². The molecule has 0 fully saturated rings. The van der Waals surface area contributed by atoms with Gasteiger partial charge in [-0.1, -0.05) is 43.5 Å². The van der Waals surface area contributed by atoms with Gasteiger partial charge in [-0.2, -0.15) is 0 Å². The van der Waals surface area contributed by atoms with E-state index in [1.54, 1.807) is 24.3 Å². The van der Waals surface area contributed by atoms with Crippen LogP contribution in [0.3, 0.4) is 0 Å². The van der Waals surface area contributed by atoms with Crippen LogP contribution in [-0.2, 0) is 4.74 Å². The molecule has 2 aromatic carbocycles. The number of hydrogen-bond acceptors (Lipinski definition) is 4. The molecule has 0 amide bonds. The summed E-state index contributed by atoms with van der Waals surface area (Å²) in [6.45, 7) is 2.10. The molecule has 2 atom stereocenters. The van der Waals surface area contributed by atoms with E-state index in [0.29, 0.717) is 22.1 Å². The number of benzene rings is 2. The van der Waals surface area contributed by atoms with Gasteiger partial charge in [0, 0.05) is 15.1 Å². The van der Waals surface area contributed by atoms with Crippen LogP contribution in [-0.4, -0.2) is 17.6 Å². The van der Waals surface area contributed by atoms with Crippen molar-refractivity contribution in [2.45, 2.75) is 17.9 Å². The Morgan fingerprint density at radius 1 is 1.21 bits per heavy atom. The summed E-state index contributed by atoms with van der Waals surface area (Å²) in [5.41, 5.74) is 1.24. The van der Waals surface area contributed by atoms with E-state index in [4.69, 9.17) is 25.8 Å². The van der Waals surface area contributed by atoms with Crippen LogP contribution in [0.15, 0.2) is 40.9 Å². The number of fused-ring (bicyclic) bond motifs is 1. The highest BCUT2D eigenvalue weighted by atomic mass is 79.9. The van der Waals surface area contributed by atoms with E-state index in [0.717, 1.165) is 10.0 Å². The van der Waals surface area contributed by atoms with Crippen LogP contribution in [0, 0.1) is 0 Å². The number of halogens is 3. The topological polar surface area (TPSA) is 44.8 Å². The summed E-state index contributed by atoms with van der Waals surface area (Å²) in [6.07, 6.45) is -0.503. The molecule has 4 nitrogen and oxygen atoms in total. The van der Waals surface area contributed by atoms with E-state index in [9.17, 15) is 4.79 Å². The van der Waals surface area contributed by atoms with Crippen molar-refractivity contribution >= 4 is 49.4 Å². The fourth-order valence-electron chi connectivity index (χ4n) is 2.32. The summed E-state index contributed by atoms with van der Waals surface area (Å²) < 4.78 is 17.3. The molecule has 7 heteroatoms. The highest BCUT2D eigenvalue weighted by Crippen LogP contribution is 2.41. The third-order valence-corrected chi connectivity index (χ3v) is 4.95. The second-order valence-corrected chi connectivity index (χ2v) is 7.97. The second kappa shape index (κ2) is 7.33. The van der Waals surface area contributed by atoms with Crippen LogP contribution in [0.5, 0.6) is 11.5 Å². The summed E-state index contributed by atoms with van der Waals surface area (Å²) in [7, 11) is 0. The molecule has 0 radical (unpaired) electrons. The highest BCUT2D eigenvalue weighted by molar-refractivity contribution is 9.10. The summed E-state index contributed by atoms with van der Waals surface area (Å²) in [6, 6.07) is 10.2. The zero-order valence-corrected chi connectivity index (χ0v) is 16.5. The van der Waals surface area contributed by atoms with Gasteiger partial charge in [-0.15, -0.1) is 0 Å². The quantitative estimate of drug-likeness (QED) is 0.431. The van der Waals surface area contributed by atoms with Crippen LogP contribution < -0.4 is 9.47 Å². The van der Waals surface area contributed by atoms with Crippen LogP contribution in [0.4, 0.5) is 0 Å². The zero-order chi connectivity index (χ0) is 17.3. The lowest BCUT2D eigenvalue weighted by atomic mass is 10.1. The van der Waals surface area contributed by atoms with Crippen LogP contribution in [0.25, 0.3) is 0 Å². The summed E-state index contributed by atoms with van der Waals surface area (Å²) in [5.74, 6) is 0.872. The molecule has 0 aromatic heterocycles. The average molecular weight is 477 g/mol. The Bertz CT molecular complexity index is 762. The van der Waals surface area contributed by atoms with E-state index < -0.39 is 12.1 Å². The van der Waals surface area contributed by atoms with E-state index in [1.165, 1.54) is 0 Å². The highest BCUT2D eigenvalue weighted by Gasteiger charge is 2.27. The predicted octanol–water partition coefficient (Wildman–Crippen LogP) is 5.51. The Morgan fingerprint density at radius 3 is 2.46 bits per heavy atom. The molecule has 126 valence electrons. The Kier molecular flexibility index (Phi) is 5.37. The van der Waals surface area contributed by atoms with Gasteiger partial charge < -0.3 is 14.2 Å². The molecular formula is C17H13Br2ClO4. The third-order valence-electron chi connectivity index (χ3n) is 3.53. The fraction of sp³-hybridized carbons (Fsp3) is 0.235. The van der Waals surface area contributed by atoms with Gasteiger partial charge in [-0.05, 0) is 43.3 Å². The number of hydrogen-bond donors (Lipinski definition) is 0. The second-order valence-electron chi connectivity index (χ2n) is 5.24. The van der Waals surface area contributed by atoms with Crippen molar-refractivity contribution in [3.8, 4) is 11.5 Å². The van der Waals surface area contributed by atoms with Crippen LogP contribution in [0.1, 0.15) is 28.9 Å². The Labute approximate surface area is 161 Å². The Hall–Kier alpha value is -1.24. The minimum absolute atomic E-state index is 0.106. The van der Waals surface area contributed by atoms with Crippen molar-refractivity contribution in [2.75, 3.05) is 6.79 Å². The maximum absolute atomic E-state index is 12.4. The van der Waals surface area contributed by atoms with E-state index in [2.05, 4.69) is 31.9 Å². The van der Waals surface area contributed by atoms with Crippen LogP contribution in [0.2, 0.25) is 5.02 Å². The number of esters is 1. The van der Waals surface area contributed by atoms with E-state index >= 15 is 0 Å². The molecule has 1 aliphatic rings. The number of carbonyl (C=O) groups is 1. The number of carbonyl (C=O) groups excluding carboxylic acids is 1. The van der Waals surface area contributed by atoms with Gasteiger partial charge in [-0.25, -0.2) is 4.79 Å². The van der Waals surface area contributed by atoms with E-state index in [1.807, 2.05) is 19.1 Å². The third kappa shape index (κ3) is 3.71. The lowest BCUT2D eigenvalue weighted by Gasteiger charge is -2.22. The van der Waals surface area contributed by atoms with Crippen molar-refractivity contribution in [1.82, 2.24) is 0 Å². The molecule has 24 heavy (non-hydrogen) atoms. The normalized spacial score (nSPS) is 15.0. The smallest absolute Gasteiger partial charge is 0.338 e. The molecule has 1 heterocycles. The minimum Gasteiger partial charge on any atom is -0.454 e. The van der Waals surface area contributed by atoms with Gasteiger partial charge in [0.1, 0.15) is 6.10 Å². The van der Waals surface area contributed by atoms with Gasteiger partial charge in [0.2, 0.25) is 6.79 Å². The first-order valence-corrected chi connectivity index (χ1v) is 9.24. The molecule has 0 N–H and O–H groups in total. The number of rotatable bonds is 4. The van der Waals surface area contributed by atoms with Gasteiger partial charge in [0.05, 0.1) is 10.4 Å². The molecule has 1 aliphatic heterocycles. The average Bonchev–Trinajstić information content (AvgIpc) is 2.99. The largest absolute Gasteiger partial charge is 0.454 e. The molecule has 0 spiro atoms. The summed E-state index contributed by atoms with van der Waals surface area (Å²) in [5, 5.41) is 0.565. The predicted molar refractivity (Wildman–Crippen MR) is 98.3 cm³/mol. The monoisotopic (exact) mass is 474 g/mol. The van der Waals surface area contributed by atoms with Crippen molar-refractivity contribution in [3.63, 3.8) is 0 Å². The fourth-order valence-corrected chi connectivity index (χ4v) is 3.39. The first-order chi connectivity index (χ1) is 11.5. The Balaban J connectivity index is 1.88. The van der Waals surface area contributed by atoms with Gasteiger partial charge >= 0.3 is 5.97 Å². The molecule has 0 saturated heterocycles. The Morgan fingerprint density at radius 2 is 1.83 bits per heavy atom. The molecule has 0 aliphatic carbocycles. The number of alkyl halides is 1. The molecule has 0 bridgehead atoms. The standard InChI is InChI=1S/C17H13Br2ClO4/c1-9(18)16(24-17(21)10-2-4-11(20)5-3-10)12-6-14-15(7-13(12)19)23-8-22-14/h2-7,9,16H,8H2,1H3/t9-,16+/m0/s1. The SMILES string of the molecule is C[C@H](Br)[C@@H](OC(=O)c1ccc(Cl)cc1)c1cc2c(cc1Br)OCO2. The lowest BCUT2D eigenvalue weighted by molar-refractivity contribution is 0.0302. The van der Waals surface area contributed by atoms with Gasteiger partial charge in [0.25, 0.3) is 0 Å². The molecule has 3 rings (SSSR count). The maximum atomic E-state index is 12.4. The van der Waals surface area contributed by atoms with Gasteiger partial charge in [-0.3, -0.25) is 0 Å². The lowest BCUT2D eigenvalue weighted by Crippen LogP contribution is -2.18. The summed E-state index contributed by atoms with van der Waals surface area (Å²) in [4.78, 5) is 12.3. The maximum Gasteiger partial charge on any atom is 0.338 e. The first kappa shape index (κ1) is 17.6. The molecule has 0 saturated carbocycles.